The van der Waals surface area contributed by atoms with E-state index in [9.17, 15) is 0 Å². The van der Waals surface area contributed by atoms with Crippen LogP contribution in [-0.4, -0.2) is 62.8 Å². The van der Waals surface area contributed by atoms with E-state index in [-0.39, 0.29) is 5.54 Å². The highest BCUT2D eigenvalue weighted by molar-refractivity contribution is 5.79. The summed E-state index contributed by atoms with van der Waals surface area (Å²) in [6.45, 7) is 12.9. The molecule has 26 heavy (non-hydrogen) atoms. The molecule has 2 fully saturated rings. The number of nitrogens with zero attached hydrogens (tertiary/aromatic N) is 2. The fraction of sp³-hybridized carbons (Fsp3) is 0.952. The Kier molecular flexibility index (Phi) is 8.68. The number of likely N-dealkylation sites (tertiary alicyclic amines) is 1. The van der Waals surface area contributed by atoms with Crippen molar-refractivity contribution < 1.29 is 4.74 Å². The number of hydrogen-bond acceptors (Lipinski definition) is 3. The first-order chi connectivity index (χ1) is 12.5. The predicted molar refractivity (Wildman–Crippen MR) is 111 cm³/mol. The lowest BCUT2D eigenvalue weighted by atomic mass is 9.83. The standard InChI is InChI=1S/C21H42N4O/c1-5-26-16-13-21(11-7-8-12-21)18-24-19(22-4)23-17-20(2,3)25-14-9-6-10-15-25/h5-18H2,1-4H3,(H2,22,23,24). The number of aliphatic imine (C=N–C) groups is 1. The fourth-order valence-electron chi connectivity index (χ4n) is 4.48. The van der Waals surface area contributed by atoms with E-state index in [1.165, 1.54) is 58.0 Å². The molecule has 2 rings (SSSR count). The third-order valence-electron chi connectivity index (χ3n) is 6.40. The Morgan fingerprint density at radius 3 is 2.38 bits per heavy atom. The maximum atomic E-state index is 5.63. The second-order valence-corrected chi connectivity index (χ2v) is 8.79. The Morgan fingerprint density at radius 2 is 1.77 bits per heavy atom. The van der Waals surface area contributed by atoms with Crippen molar-refractivity contribution in [2.45, 2.75) is 77.7 Å². The predicted octanol–water partition coefficient (Wildman–Crippen LogP) is 3.40. The summed E-state index contributed by atoms with van der Waals surface area (Å²) in [5.41, 5.74) is 0.549. The van der Waals surface area contributed by atoms with Crippen LogP contribution in [0.3, 0.4) is 0 Å². The van der Waals surface area contributed by atoms with Crippen molar-refractivity contribution in [1.82, 2.24) is 15.5 Å². The third kappa shape index (κ3) is 6.41. The summed E-state index contributed by atoms with van der Waals surface area (Å²) in [5.74, 6) is 0.942. The summed E-state index contributed by atoms with van der Waals surface area (Å²) in [5, 5.41) is 7.20. The average molecular weight is 367 g/mol. The van der Waals surface area contributed by atoms with Crippen molar-refractivity contribution in [3.05, 3.63) is 0 Å². The summed E-state index contributed by atoms with van der Waals surface area (Å²) in [4.78, 5) is 7.09. The zero-order chi connectivity index (χ0) is 18.9. The van der Waals surface area contributed by atoms with E-state index >= 15 is 0 Å². The van der Waals surface area contributed by atoms with Gasteiger partial charge >= 0.3 is 0 Å². The molecular weight excluding hydrogens is 324 g/mol. The molecule has 0 amide bonds. The lowest BCUT2D eigenvalue weighted by Crippen LogP contribution is -2.55. The molecule has 1 saturated heterocycles. The van der Waals surface area contributed by atoms with Crippen LogP contribution in [0.25, 0.3) is 0 Å². The van der Waals surface area contributed by atoms with Gasteiger partial charge in [-0.3, -0.25) is 9.89 Å². The number of guanidine groups is 1. The fourth-order valence-corrected chi connectivity index (χ4v) is 4.48. The lowest BCUT2D eigenvalue weighted by Gasteiger charge is -2.41. The molecular formula is C21H42N4O. The number of rotatable bonds is 9. The van der Waals surface area contributed by atoms with Crippen LogP contribution < -0.4 is 10.6 Å². The summed E-state index contributed by atoms with van der Waals surface area (Å²) in [6.07, 6.45) is 10.5. The van der Waals surface area contributed by atoms with Crippen molar-refractivity contribution in [3.63, 3.8) is 0 Å². The molecule has 1 heterocycles. The van der Waals surface area contributed by atoms with Gasteiger partial charge in [0.2, 0.25) is 0 Å². The van der Waals surface area contributed by atoms with Gasteiger partial charge in [0, 0.05) is 38.9 Å². The summed E-state index contributed by atoms with van der Waals surface area (Å²) >= 11 is 0. The van der Waals surface area contributed by atoms with E-state index < -0.39 is 0 Å². The highest BCUT2D eigenvalue weighted by Crippen LogP contribution is 2.40. The summed E-state index contributed by atoms with van der Waals surface area (Å²) in [7, 11) is 1.88. The Balaban J connectivity index is 1.80. The van der Waals surface area contributed by atoms with E-state index in [0.29, 0.717) is 5.41 Å². The van der Waals surface area contributed by atoms with Gasteiger partial charge in [-0.2, -0.15) is 0 Å². The number of piperidine rings is 1. The number of hydrogen-bond donors (Lipinski definition) is 2. The van der Waals surface area contributed by atoms with Crippen LogP contribution >= 0.6 is 0 Å². The molecule has 152 valence electrons. The van der Waals surface area contributed by atoms with Crippen molar-refractivity contribution >= 4 is 5.96 Å². The van der Waals surface area contributed by atoms with Gasteiger partial charge < -0.3 is 15.4 Å². The minimum absolute atomic E-state index is 0.165. The Morgan fingerprint density at radius 1 is 1.08 bits per heavy atom. The van der Waals surface area contributed by atoms with Crippen LogP contribution in [0.1, 0.15) is 72.1 Å². The van der Waals surface area contributed by atoms with Gasteiger partial charge in [-0.05, 0) is 71.4 Å². The lowest BCUT2D eigenvalue weighted by molar-refractivity contribution is 0.0977. The van der Waals surface area contributed by atoms with Gasteiger partial charge in [-0.1, -0.05) is 19.3 Å². The highest BCUT2D eigenvalue weighted by Gasteiger charge is 2.34. The zero-order valence-electron chi connectivity index (χ0n) is 17.7. The molecule has 0 aromatic heterocycles. The van der Waals surface area contributed by atoms with Crippen molar-refractivity contribution in [2.24, 2.45) is 10.4 Å². The van der Waals surface area contributed by atoms with Gasteiger partial charge in [-0.25, -0.2) is 0 Å². The zero-order valence-corrected chi connectivity index (χ0v) is 17.7. The molecule has 5 heteroatoms. The maximum Gasteiger partial charge on any atom is 0.191 e. The Labute approximate surface area is 161 Å². The van der Waals surface area contributed by atoms with Gasteiger partial charge in [-0.15, -0.1) is 0 Å². The first-order valence-electron chi connectivity index (χ1n) is 10.8. The smallest absolute Gasteiger partial charge is 0.191 e. The van der Waals surface area contributed by atoms with Gasteiger partial charge in [0.1, 0.15) is 0 Å². The van der Waals surface area contributed by atoms with Crippen LogP contribution in [0.15, 0.2) is 4.99 Å². The van der Waals surface area contributed by atoms with Gasteiger partial charge in [0.25, 0.3) is 0 Å². The summed E-state index contributed by atoms with van der Waals surface area (Å²) < 4.78 is 5.63. The van der Waals surface area contributed by atoms with Crippen molar-refractivity contribution in [1.29, 1.82) is 0 Å². The van der Waals surface area contributed by atoms with Crippen LogP contribution in [-0.2, 0) is 4.74 Å². The maximum absolute atomic E-state index is 5.63. The largest absolute Gasteiger partial charge is 0.382 e. The quantitative estimate of drug-likeness (QED) is 0.373. The topological polar surface area (TPSA) is 48.9 Å². The van der Waals surface area contributed by atoms with E-state index in [2.05, 4.69) is 41.3 Å². The summed E-state index contributed by atoms with van der Waals surface area (Å²) in [6, 6.07) is 0. The van der Waals surface area contributed by atoms with Crippen molar-refractivity contribution in [3.8, 4) is 0 Å². The minimum atomic E-state index is 0.165. The van der Waals surface area contributed by atoms with Gasteiger partial charge in [0.15, 0.2) is 5.96 Å². The second-order valence-electron chi connectivity index (χ2n) is 8.79. The monoisotopic (exact) mass is 366 g/mol. The molecule has 0 unspecified atom stereocenters. The van der Waals surface area contributed by atoms with E-state index in [1.807, 2.05) is 7.05 Å². The van der Waals surface area contributed by atoms with Crippen LogP contribution in [0, 0.1) is 5.41 Å². The van der Waals surface area contributed by atoms with E-state index in [1.54, 1.807) is 0 Å². The molecule has 0 bridgehead atoms. The van der Waals surface area contributed by atoms with Crippen LogP contribution in [0.2, 0.25) is 0 Å². The van der Waals surface area contributed by atoms with Crippen LogP contribution in [0.4, 0.5) is 0 Å². The SMILES string of the molecule is CCOCCC1(CNC(=NC)NCC(C)(C)N2CCCCC2)CCCC1. The van der Waals surface area contributed by atoms with Crippen LogP contribution in [0.5, 0.6) is 0 Å². The molecule has 5 nitrogen and oxygen atoms in total. The molecule has 2 aliphatic rings. The first kappa shape index (κ1) is 21.5. The Bertz CT molecular complexity index is 424. The second kappa shape index (κ2) is 10.5. The molecule has 0 atom stereocenters. The number of nitrogens with one attached hydrogen (secondary N) is 2. The molecule has 0 spiro atoms. The van der Waals surface area contributed by atoms with E-state index in [0.717, 1.165) is 38.7 Å². The molecule has 0 radical (unpaired) electrons. The first-order valence-corrected chi connectivity index (χ1v) is 10.8. The van der Waals surface area contributed by atoms with E-state index in [4.69, 9.17) is 4.74 Å². The molecule has 2 N–H and O–H groups in total. The molecule has 1 saturated carbocycles. The highest BCUT2D eigenvalue weighted by atomic mass is 16.5. The normalized spacial score (nSPS) is 21.8. The van der Waals surface area contributed by atoms with Gasteiger partial charge in [0.05, 0.1) is 0 Å². The molecule has 0 aromatic rings. The minimum Gasteiger partial charge on any atom is -0.382 e. The Hall–Kier alpha value is -0.810. The molecule has 0 aromatic carbocycles. The average Bonchev–Trinajstić information content (AvgIpc) is 3.12. The molecule has 1 aliphatic carbocycles. The third-order valence-corrected chi connectivity index (χ3v) is 6.40. The van der Waals surface area contributed by atoms with Crippen molar-refractivity contribution in [2.75, 3.05) is 46.4 Å². The number of ether oxygens (including phenoxy) is 1. The molecule has 1 aliphatic heterocycles.